The Hall–Kier alpha value is -3.60. The maximum atomic E-state index is 13.5. The second-order valence-corrected chi connectivity index (χ2v) is 4.84. The van der Waals surface area contributed by atoms with Gasteiger partial charge in [-0.05, 0) is 30.3 Å². The Morgan fingerprint density at radius 3 is 2.38 bits per heavy atom. The van der Waals surface area contributed by atoms with Crippen LogP contribution in [0.4, 0.5) is 14.5 Å². The summed E-state index contributed by atoms with van der Waals surface area (Å²) in [5.41, 5.74) is 1.11. The van der Waals surface area contributed by atoms with Crippen molar-refractivity contribution in [1.29, 1.82) is 5.26 Å². The Bertz CT molecular complexity index is 975. The Labute approximate surface area is 134 Å². The Balaban J connectivity index is 2.14. The third kappa shape index (κ3) is 2.70. The van der Waals surface area contributed by atoms with Crippen molar-refractivity contribution >= 4 is 5.69 Å². The summed E-state index contributed by atoms with van der Waals surface area (Å²) in [6.07, 6.45) is 0. The quantitative estimate of drug-likeness (QED) is 0.544. The van der Waals surface area contributed by atoms with E-state index in [0.717, 1.165) is 12.1 Å². The van der Waals surface area contributed by atoms with Crippen molar-refractivity contribution in [3.05, 3.63) is 76.0 Å². The summed E-state index contributed by atoms with van der Waals surface area (Å²) >= 11 is 0. The highest BCUT2D eigenvalue weighted by Crippen LogP contribution is 2.26. The number of rotatable bonds is 3. The van der Waals surface area contributed by atoms with Gasteiger partial charge >= 0.3 is 0 Å². The third-order valence-corrected chi connectivity index (χ3v) is 3.34. The molecule has 0 fully saturated rings. The smallest absolute Gasteiger partial charge is 0.258 e. The lowest BCUT2D eigenvalue weighted by molar-refractivity contribution is -0.384. The van der Waals surface area contributed by atoms with Crippen molar-refractivity contribution in [2.24, 2.45) is 0 Å². The molecule has 3 rings (SSSR count). The Morgan fingerprint density at radius 2 is 1.79 bits per heavy atom. The number of benzene rings is 2. The van der Waals surface area contributed by atoms with Crippen LogP contribution in [-0.4, -0.2) is 14.7 Å². The maximum Gasteiger partial charge on any atom is 0.269 e. The summed E-state index contributed by atoms with van der Waals surface area (Å²) in [7, 11) is 0. The van der Waals surface area contributed by atoms with Gasteiger partial charge in [0.15, 0.2) is 17.3 Å². The van der Waals surface area contributed by atoms with E-state index in [1.54, 1.807) is 0 Å². The molecule has 1 heterocycles. The zero-order valence-electron chi connectivity index (χ0n) is 12.0. The van der Waals surface area contributed by atoms with E-state index in [0.29, 0.717) is 16.9 Å². The van der Waals surface area contributed by atoms with E-state index in [9.17, 15) is 18.9 Å². The number of nitro groups is 1. The summed E-state index contributed by atoms with van der Waals surface area (Å²) in [4.78, 5) is 10.2. The second-order valence-electron chi connectivity index (χ2n) is 4.84. The summed E-state index contributed by atoms with van der Waals surface area (Å²) in [5.74, 6) is -2.01. The molecule has 0 atom stereocenters. The molecule has 1 aromatic heterocycles. The monoisotopic (exact) mass is 326 g/mol. The van der Waals surface area contributed by atoms with Crippen LogP contribution in [0.25, 0.3) is 16.9 Å². The van der Waals surface area contributed by atoms with Crippen molar-refractivity contribution in [2.45, 2.75) is 0 Å². The molecule has 0 N–H and O–H groups in total. The number of nitrogens with zero attached hydrogens (tertiary/aromatic N) is 4. The van der Waals surface area contributed by atoms with Gasteiger partial charge in [-0.25, -0.2) is 13.5 Å². The number of aromatic nitrogens is 2. The molecule has 0 aliphatic carbocycles. The van der Waals surface area contributed by atoms with Gasteiger partial charge in [0.25, 0.3) is 5.69 Å². The van der Waals surface area contributed by atoms with Crippen LogP contribution < -0.4 is 0 Å². The summed E-state index contributed by atoms with van der Waals surface area (Å²) in [6.45, 7) is 0. The molecule has 0 radical (unpaired) electrons. The summed E-state index contributed by atoms with van der Waals surface area (Å²) in [5, 5.41) is 23.8. The molecule has 2 aromatic carbocycles. The van der Waals surface area contributed by atoms with Crippen LogP contribution in [0.1, 0.15) is 5.69 Å². The topological polar surface area (TPSA) is 84.8 Å². The van der Waals surface area contributed by atoms with Gasteiger partial charge in [0, 0.05) is 23.8 Å². The lowest BCUT2D eigenvalue weighted by atomic mass is 10.1. The zero-order chi connectivity index (χ0) is 17.3. The molecule has 0 unspecified atom stereocenters. The summed E-state index contributed by atoms with van der Waals surface area (Å²) in [6, 6.07) is 12.1. The van der Waals surface area contributed by atoms with Crippen LogP contribution in [0, 0.1) is 33.1 Å². The van der Waals surface area contributed by atoms with Gasteiger partial charge in [0.2, 0.25) is 0 Å². The third-order valence-electron chi connectivity index (χ3n) is 3.34. The Kier molecular flexibility index (Phi) is 3.75. The van der Waals surface area contributed by atoms with E-state index in [2.05, 4.69) is 5.10 Å². The predicted molar refractivity (Wildman–Crippen MR) is 80.3 cm³/mol. The average molecular weight is 326 g/mol. The van der Waals surface area contributed by atoms with E-state index in [4.69, 9.17) is 5.26 Å². The lowest BCUT2D eigenvalue weighted by Gasteiger charge is -2.07. The van der Waals surface area contributed by atoms with Gasteiger partial charge < -0.3 is 0 Å². The first-order valence-electron chi connectivity index (χ1n) is 6.70. The fourth-order valence-corrected chi connectivity index (χ4v) is 2.21. The van der Waals surface area contributed by atoms with Crippen LogP contribution in [0.2, 0.25) is 0 Å². The van der Waals surface area contributed by atoms with E-state index in [1.807, 2.05) is 6.07 Å². The molecule has 8 heteroatoms. The fourth-order valence-electron chi connectivity index (χ4n) is 2.21. The van der Waals surface area contributed by atoms with Crippen molar-refractivity contribution in [3.63, 3.8) is 0 Å². The lowest BCUT2D eigenvalue weighted by Crippen LogP contribution is -2.00. The molecular weight excluding hydrogens is 318 g/mol. The molecule has 0 saturated carbocycles. The number of halogens is 2. The van der Waals surface area contributed by atoms with Crippen molar-refractivity contribution in [3.8, 4) is 23.0 Å². The molecular formula is C16H8F2N4O2. The molecule has 0 aliphatic rings. The second kappa shape index (κ2) is 5.89. The van der Waals surface area contributed by atoms with E-state index in [-0.39, 0.29) is 11.4 Å². The molecule has 0 spiro atoms. The molecule has 0 amide bonds. The number of hydrogen-bond donors (Lipinski definition) is 0. The SMILES string of the molecule is N#Cc1cc(-c2ccc(F)c(F)c2)n(-c2ccc([N+](=O)[O-])cc2)n1. The molecule has 0 bridgehead atoms. The van der Waals surface area contributed by atoms with Crippen LogP contribution >= 0.6 is 0 Å². The van der Waals surface area contributed by atoms with Gasteiger partial charge in [-0.3, -0.25) is 10.1 Å². The Morgan fingerprint density at radius 1 is 1.08 bits per heavy atom. The minimum atomic E-state index is -1.03. The van der Waals surface area contributed by atoms with Gasteiger partial charge in [-0.1, -0.05) is 0 Å². The van der Waals surface area contributed by atoms with Gasteiger partial charge in [0.05, 0.1) is 16.3 Å². The molecule has 0 aliphatic heterocycles. The molecule has 6 nitrogen and oxygen atoms in total. The van der Waals surface area contributed by atoms with Crippen molar-refractivity contribution in [2.75, 3.05) is 0 Å². The first kappa shape index (κ1) is 15.3. The van der Waals surface area contributed by atoms with E-state index >= 15 is 0 Å². The first-order chi connectivity index (χ1) is 11.5. The highest BCUT2D eigenvalue weighted by molar-refractivity contribution is 5.64. The van der Waals surface area contributed by atoms with Crippen LogP contribution in [-0.2, 0) is 0 Å². The molecule has 24 heavy (non-hydrogen) atoms. The summed E-state index contributed by atoms with van der Waals surface area (Å²) < 4.78 is 27.9. The fraction of sp³-hybridized carbons (Fsp3) is 0. The highest BCUT2D eigenvalue weighted by Gasteiger charge is 2.14. The normalized spacial score (nSPS) is 10.4. The molecule has 3 aromatic rings. The van der Waals surface area contributed by atoms with Gasteiger partial charge in [-0.2, -0.15) is 10.4 Å². The largest absolute Gasteiger partial charge is 0.269 e. The number of hydrogen-bond acceptors (Lipinski definition) is 4. The average Bonchev–Trinajstić information content (AvgIpc) is 3.02. The van der Waals surface area contributed by atoms with Crippen molar-refractivity contribution in [1.82, 2.24) is 9.78 Å². The standard InChI is InChI=1S/C16H8F2N4O2/c17-14-6-1-10(7-15(14)18)16-8-11(9-19)20-21(16)12-2-4-13(5-3-12)22(23)24/h1-8H. The van der Waals surface area contributed by atoms with Gasteiger partial charge in [0.1, 0.15) is 6.07 Å². The van der Waals surface area contributed by atoms with Crippen molar-refractivity contribution < 1.29 is 13.7 Å². The van der Waals surface area contributed by atoms with Crippen LogP contribution in [0.15, 0.2) is 48.5 Å². The number of nitro benzene ring substituents is 1. The minimum absolute atomic E-state index is 0.0769. The van der Waals surface area contributed by atoms with Crippen LogP contribution in [0.5, 0.6) is 0 Å². The van der Waals surface area contributed by atoms with Crippen LogP contribution in [0.3, 0.4) is 0 Å². The molecule has 0 saturated heterocycles. The number of nitriles is 1. The number of non-ortho nitro benzene ring substituents is 1. The predicted octanol–water partition coefficient (Wildman–Crippen LogP) is 3.60. The molecule has 118 valence electrons. The maximum absolute atomic E-state index is 13.5. The zero-order valence-corrected chi connectivity index (χ0v) is 12.0. The first-order valence-corrected chi connectivity index (χ1v) is 6.70. The minimum Gasteiger partial charge on any atom is -0.258 e. The van der Waals surface area contributed by atoms with Gasteiger partial charge in [-0.15, -0.1) is 0 Å². The van der Waals surface area contributed by atoms with E-state index < -0.39 is 16.6 Å². The van der Waals surface area contributed by atoms with E-state index in [1.165, 1.54) is 41.1 Å². The highest BCUT2D eigenvalue weighted by atomic mass is 19.2.